The van der Waals surface area contributed by atoms with E-state index >= 15 is 0 Å². The van der Waals surface area contributed by atoms with Gasteiger partial charge in [-0.25, -0.2) is 4.98 Å². The summed E-state index contributed by atoms with van der Waals surface area (Å²) in [4.78, 5) is 32.6. The number of aromatic nitrogens is 1. The molecule has 1 amide bonds. The van der Waals surface area contributed by atoms with Crippen molar-refractivity contribution in [3.63, 3.8) is 0 Å². The quantitative estimate of drug-likeness (QED) is 0.251. The molecule has 0 aliphatic carbocycles. The van der Waals surface area contributed by atoms with Gasteiger partial charge in [-0.15, -0.1) is 0 Å². The molecule has 1 N–H and O–H groups in total. The van der Waals surface area contributed by atoms with Crippen LogP contribution in [0, 0.1) is 0 Å². The average molecular weight is 473 g/mol. The fourth-order valence-corrected chi connectivity index (χ4v) is 5.11. The number of hydrogen-bond donors (Lipinski definition) is 1. The zero-order valence-electron chi connectivity index (χ0n) is 18.4. The van der Waals surface area contributed by atoms with Gasteiger partial charge in [0.15, 0.2) is 5.13 Å². The molecule has 3 aromatic carbocycles. The number of fused-ring (bicyclic) bond motifs is 1. The number of amides is 1. The van der Waals surface area contributed by atoms with Gasteiger partial charge < -0.3 is 14.6 Å². The zero-order chi connectivity index (χ0) is 23.8. The fraction of sp³-hybridized carbons (Fsp3) is 0.115. The van der Waals surface area contributed by atoms with Gasteiger partial charge in [-0.3, -0.25) is 14.5 Å². The first-order valence-corrected chi connectivity index (χ1v) is 11.3. The van der Waals surface area contributed by atoms with E-state index in [0.717, 1.165) is 4.70 Å². The van der Waals surface area contributed by atoms with Gasteiger partial charge in [0.1, 0.15) is 23.3 Å². The number of para-hydroxylation sites is 1. The lowest BCUT2D eigenvalue weighted by Crippen LogP contribution is -2.29. The second-order valence-corrected chi connectivity index (χ2v) is 8.62. The van der Waals surface area contributed by atoms with Crippen LogP contribution in [0.25, 0.3) is 16.0 Å². The Kier molecular flexibility index (Phi) is 5.51. The maximum Gasteiger partial charge on any atom is 0.301 e. The topological polar surface area (TPSA) is 89.0 Å². The highest BCUT2D eigenvalue weighted by atomic mass is 32.1. The average Bonchev–Trinajstić information content (AvgIpc) is 3.41. The molecule has 1 fully saturated rings. The van der Waals surface area contributed by atoms with E-state index < -0.39 is 17.7 Å². The molecule has 0 spiro atoms. The summed E-state index contributed by atoms with van der Waals surface area (Å²) in [5.41, 5.74) is 1.66. The van der Waals surface area contributed by atoms with Crippen molar-refractivity contribution in [1.29, 1.82) is 0 Å². The number of anilines is 1. The van der Waals surface area contributed by atoms with Gasteiger partial charge in [0.05, 0.1) is 30.0 Å². The number of carbonyl (C=O) groups is 2. The Labute approximate surface area is 199 Å². The summed E-state index contributed by atoms with van der Waals surface area (Å²) in [6, 6.07) is 20.3. The Bertz CT molecular complexity index is 1440. The Morgan fingerprint density at radius 2 is 1.71 bits per heavy atom. The second-order valence-electron chi connectivity index (χ2n) is 7.61. The molecule has 170 valence electrons. The predicted octanol–water partition coefficient (Wildman–Crippen LogP) is 4.94. The van der Waals surface area contributed by atoms with E-state index in [1.54, 1.807) is 67.8 Å². The number of aliphatic hydroxyl groups excluding tert-OH is 1. The minimum atomic E-state index is -0.918. The number of aliphatic hydroxyl groups is 1. The number of methoxy groups -OCH3 is 2. The van der Waals surface area contributed by atoms with Crippen LogP contribution in [0.3, 0.4) is 0 Å². The summed E-state index contributed by atoms with van der Waals surface area (Å²) in [6.45, 7) is 0. The molecule has 5 rings (SSSR count). The molecule has 0 radical (unpaired) electrons. The number of ether oxygens (including phenoxy) is 2. The molecule has 0 unspecified atom stereocenters. The van der Waals surface area contributed by atoms with E-state index in [2.05, 4.69) is 4.98 Å². The second kappa shape index (κ2) is 8.64. The number of carbonyl (C=O) groups excluding carboxylic acids is 2. The van der Waals surface area contributed by atoms with Crippen LogP contribution in [-0.4, -0.2) is 36.0 Å². The SMILES string of the molecule is COc1ccc2nc(N3C(=O)C(=O)/C(=C(/O)c4ccccc4)[C@H]3c3ccccc3OC)sc2c1. The molecule has 1 atom stereocenters. The maximum atomic E-state index is 13.4. The van der Waals surface area contributed by atoms with Gasteiger partial charge in [-0.1, -0.05) is 59.9 Å². The van der Waals surface area contributed by atoms with E-state index in [0.29, 0.717) is 33.3 Å². The number of Topliss-reactive ketones (excluding diaryl/α,β-unsaturated/α-hetero) is 1. The molecule has 1 aliphatic rings. The molecule has 1 aromatic heterocycles. The number of thiazole rings is 1. The van der Waals surface area contributed by atoms with E-state index in [4.69, 9.17) is 9.47 Å². The van der Waals surface area contributed by atoms with Crippen molar-refractivity contribution in [3.05, 3.63) is 89.5 Å². The summed E-state index contributed by atoms with van der Waals surface area (Å²) >= 11 is 1.27. The fourth-order valence-electron chi connectivity index (χ4n) is 4.09. The minimum absolute atomic E-state index is 0.0162. The van der Waals surface area contributed by atoms with E-state index in [-0.39, 0.29) is 11.3 Å². The van der Waals surface area contributed by atoms with Crippen LogP contribution < -0.4 is 14.4 Å². The van der Waals surface area contributed by atoms with Crippen molar-refractivity contribution in [2.75, 3.05) is 19.1 Å². The van der Waals surface area contributed by atoms with Crippen molar-refractivity contribution in [2.24, 2.45) is 0 Å². The first-order chi connectivity index (χ1) is 16.5. The Balaban J connectivity index is 1.75. The largest absolute Gasteiger partial charge is 0.507 e. The predicted molar refractivity (Wildman–Crippen MR) is 130 cm³/mol. The van der Waals surface area contributed by atoms with E-state index in [9.17, 15) is 14.7 Å². The van der Waals surface area contributed by atoms with Crippen LogP contribution in [0.1, 0.15) is 17.2 Å². The lowest BCUT2D eigenvalue weighted by atomic mass is 9.95. The zero-order valence-corrected chi connectivity index (χ0v) is 19.2. The summed E-state index contributed by atoms with van der Waals surface area (Å²) in [5, 5.41) is 11.5. The first-order valence-electron chi connectivity index (χ1n) is 10.5. The van der Waals surface area contributed by atoms with Gasteiger partial charge >= 0.3 is 5.91 Å². The Morgan fingerprint density at radius 3 is 2.44 bits per heavy atom. The van der Waals surface area contributed by atoms with Crippen LogP contribution in [0.15, 0.2) is 78.4 Å². The number of rotatable bonds is 5. The van der Waals surface area contributed by atoms with Crippen molar-refractivity contribution in [3.8, 4) is 11.5 Å². The number of nitrogens with zero attached hydrogens (tertiary/aromatic N) is 2. The van der Waals surface area contributed by atoms with Gasteiger partial charge in [0, 0.05) is 11.1 Å². The molecule has 7 nitrogen and oxygen atoms in total. The molecule has 4 aromatic rings. The van der Waals surface area contributed by atoms with Crippen molar-refractivity contribution < 1.29 is 24.2 Å². The van der Waals surface area contributed by atoms with Gasteiger partial charge in [0.25, 0.3) is 5.78 Å². The molecular formula is C26H20N2O5S. The van der Waals surface area contributed by atoms with Gasteiger partial charge in [-0.2, -0.15) is 0 Å². The Hall–Kier alpha value is -4.17. The third-order valence-corrected chi connectivity index (χ3v) is 6.73. The summed E-state index contributed by atoms with van der Waals surface area (Å²) in [6.07, 6.45) is 0. The maximum absolute atomic E-state index is 13.4. The van der Waals surface area contributed by atoms with Crippen molar-refractivity contribution >= 4 is 44.1 Å². The lowest BCUT2D eigenvalue weighted by Gasteiger charge is -2.24. The third-order valence-electron chi connectivity index (χ3n) is 5.72. The van der Waals surface area contributed by atoms with Crippen molar-refractivity contribution in [1.82, 2.24) is 4.98 Å². The van der Waals surface area contributed by atoms with Crippen LogP contribution in [0.4, 0.5) is 5.13 Å². The van der Waals surface area contributed by atoms with Crippen LogP contribution in [-0.2, 0) is 9.59 Å². The smallest absolute Gasteiger partial charge is 0.301 e. The molecular weight excluding hydrogens is 452 g/mol. The third kappa shape index (κ3) is 3.48. The minimum Gasteiger partial charge on any atom is -0.507 e. The van der Waals surface area contributed by atoms with E-state index in [1.807, 2.05) is 12.1 Å². The van der Waals surface area contributed by atoms with Crippen LogP contribution in [0.2, 0.25) is 0 Å². The molecule has 1 saturated heterocycles. The standard InChI is InChI=1S/C26H20N2O5S/c1-32-16-12-13-18-20(14-16)34-26(27-18)28-22(17-10-6-7-11-19(17)33-2)21(24(30)25(28)31)23(29)15-8-4-3-5-9-15/h3-14,22,29H,1-2H3/b23-21+/t22-/m1/s1. The normalized spacial score (nSPS) is 17.4. The highest BCUT2D eigenvalue weighted by Crippen LogP contribution is 2.46. The summed E-state index contributed by atoms with van der Waals surface area (Å²) in [5.74, 6) is -0.648. The highest BCUT2D eigenvalue weighted by molar-refractivity contribution is 7.22. The Morgan fingerprint density at radius 1 is 0.971 bits per heavy atom. The molecule has 34 heavy (non-hydrogen) atoms. The van der Waals surface area contributed by atoms with Crippen LogP contribution in [0.5, 0.6) is 11.5 Å². The van der Waals surface area contributed by atoms with E-state index in [1.165, 1.54) is 23.3 Å². The number of benzene rings is 3. The van der Waals surface area contributed by atoms with Gasteiger partial charge in [-0.05, 0) is 24.3 Å². The van der Waals surface area contributed by atoms with Crippen LogP contribution >= 0.6 is 11.3 Å². The number of ketones is 1. The summed E-state index contributed by atoms with van der Waals surface area (Å²) < 4.78 is 11.7. The van der Waals surface area contributed by atoms with Gasteiger partial charge in [0.2, 0.25) is 0 Å². The lowest BCUT2D eigenvalue weighted by molar-refractivity contribution is -0.132. The molecule has 0 bridgehead atoms. The molecule has 0 saturated carbocycles. The molecule has 8 heteroatoms. The molecule has 1 aliphatic heterocycles. The van der Waals surface area contributed by atoms with Crippen molar-refractivity contribution in [2.45, 2.75) is 6.04 Å². The first kappa shape index (κ1) is 21.7. The molecule has 2 heterocycles. The highest BCUT2D eigenvalue weighted by Gasteiger charge is 2.49. The number of hydrogen-bond acceptors (Lipinski definition) is 7. The monoisotopic (exact) mass is 472 g/mol. The summed E-state index contributed by atoms with van der Waals surface area (Å²) in [7, 11) is 3.10.